The zero-order chi connectivity index (χ0) is 14.0. The fraction of sp³-hybridized carbons (Fsp3) is 0.583. The highest BCUT2D eigenvalue weighted by Crippen LogP contribution is 2.19. The van der Waals surface area contributed by atoms with Gasteiger partial charge in [-0.15, -0.1) is 0 Å². The summed E-state index contributed by atoms with van der Waals surface area (Å²) in [7, 11) is 0. The topological polar surface area (TPSA) is 106 Å². The Morgan fingerprint density at radius 2 is 1.95 bits per heavy atom. The molecule has 0 aromatic carbocycles. The molecule has 1 aliphatic rings. The fourth-order valence-electron chi connectivity index (χ4n) is 2.34. The number of hydrogen-bond acceptors (Lipinski definition) is 4. The van der Waals surface area contributed by atoms with Gasteiger partial charge in [0.1, 0.15) is 5.78 Å². The van der Waals surface area contributed by atoms with Crippen LogP contribution in [0.3, 0.4) is 0 Å². The van der Waals surface area contributed by atoms with Crippen LogP contribution in [-0.4, -0.2) is 44.8 Å². The molecular formula is C12H17N3O4. The molecule has 1 aliphatic heterocycles. The number of aromatic amines is 2. The number of rotatable bonds is 3. The third-order valence-electron chi connectivity index (χ3n) is 3.53. The van der Waals surface area contributed by atoms with Crippen LogP contribution in [0.25, 0.3) is 0 Å². The number of aromatic nitrogens is 2. The van der Waals surface area contributed by atoms with E-state index in [1.165, 1.54) is 0 Å². The molecule has 1 saturated heterocycles. The molecule has 19 heavy (non-hydrogen) atoms. The van der Waals surface area contributed by atoms with Crippen LogP contribution in [0.1, 0.15) is 25.5 Å². The van der Waals surface area contributed by atoms with E-state index >= 15 is 0 Å². The number of nitrogens with one attached hydrogen (secondary N) is 2. The van der Waals surface area contributed by atoms with Crippen molar-refractivity contribution in [2.75, 3.05) is 13.1 Å². The number of H-pyrrole nitrogens is 2. The summed E-state index contributed by atoms with van der Waals surface area (Å²) in [4.78, 5) is 40.4. The average molecular weight is 267 g/mol. The van der Waals surface area contributed by atoms with Crippen LogP contribution >= 0.6 is 0 Å². The molecule has 2 heterocycles. The van der Waals surface area contributed by atoms with E-state index in [0.717, 1.165) is 0 Å². The zero-order valence-electron chi connectivity index (χ0n) is 10.7. The second-order valence-electron chi connectivity index (χ2n) is 4.85. The van der Waals surface area contributed by atoms with Crippen LogP contribution < -0.4 is 5.69 Å². The minimum atomic E-state index is -0.532. The van der Waals surface area contributed by atoms with Crippen LogP contribution in [0.5, 0.6) is 5.88 Å². The number of amides is 1. The number of hydrogen-bond donors (Lipinski definition) is 3. The Morgan fingerprint density at radius 3 is 2.42 bits per heavy atom. The van der Waals surface area contributed by atoms with Crippen molar-refractivity contribution in [1.82, 2.24) is 14.9 Å². The lowest BCUT2D eigenvalue weighted by Crippen LogP contribution is -2.40. The van der Waals surface area contributed by atoms with Gasteiger partial charge in [-0.3, -0.25) is 14.6 Å². The number of piperidine rings is 1. The van der Waals surface area contributed by atoms with E-state index in [0.29, 0.717) is 25.9 Å². The van der Waals surface area contributed by atoms with Crippen LogP contribution in [0.15, 0.2) is 4.79 Å². The standard InChI is InChI=1S/C12H17N3O4/c1-7(16)8-2-4-15(5-3-8)10(17)6-9-11(18)14-12(19)13-9/h8,18H,2-6H2,1H3,(H2,13,14,19). The molecule has 2 rings (SSSR count). The van der Waals surface area contributed by atoms with E-state index in [2.05, 4.69) is 9.97 Å². The molecular weight excluding hydrogens is 250 g/mol. The predicted octanol–water partition coefficient (Wildman–Crippen LogP) is -0.221. The maximum atomic E-state index is 12.0. The first-order chi connectivity index (χ1) is 8.97. The molecule has 0 radical (unpaired) electrons. The number of Topliss-reactive ketones (excluding diaryl/α,β-unsaturated/α-hetero) is 1. The molecule has 0 bridgehead atoms. The third-order valence-corrected chi connectivity index (χ3v) is 3.53. The SMILES string of the molecule is CC(=O)C1CCN(C(=O)Cc2[nH]c(=O)[nH]c2O)CC1. The maximum absolute atomic E-state index is 12.0. The molecule has 0 atom stereocenters. The Labute approximate surface area is 109 Å². The molecule has 1 aromatic heterocycles. The van der Waals surface area contributed by atoms with Gasteiger partial charge in [-0.2, -0.15) is 0 Å². The van der Waals surface area contributed by atoms with E-state index in [-0.39, 0.29) is 35.6 Å². The van der Waals surface area contributed by atoms with Crippen molar-refractivity contribution >= 4 is 11.7 Å². The van der Waals surface area contributed by atoms with E-state index < -0.39 is 5.69 Å². The van der Waals surface area contributed by atoms with Crippen LogP contribution in [0.2, 0.25) is 0 Å². The number of ketones is 1. The van der Waals surface area contributed by atoms with E-state index in [1.54, 1.807) is 11.8 Å². The first-order valence-electron chi connectivity index (χ1n) is 6.25. The first-order valence-corrected chi connectivity index (χ1v) is 6.25. The van der Waals surface area contributed by atoms with Crippen LogP contribution in [0.4, 0.5) is 0 Å². The molecule has 0 aliphatic carbocycles. The summed E-state index contributed by atoms with van der Waals surface area (Å²) in [5.41, 5.74) is -0.334. The summed E-state index contributed by atoms with van der Waals surface area (Å²) < 4.78 is 0. The average Bonchev–Trinajstić information content (AvgIpc) is 2.68. The molecule has 1 aromatic rings. The van der Waals surface area contributed by atoms with Gasteiger partial charge >= 0.3 is 5.69 Å². The second kappa shape index (κ2) is 5.29. The minimum Gasteiger partial charge on any atom is -0.493 e. The van der Waals surface area contributed by atoms with E-state index in [9.17, 15) is 19.5 Å². The van der Waals surface area contributed by atoms with Crippen molar-refractivity contribution in [2.24, 2.45) is 5.92 Å². The Morgan fingerprint density at radius 1 is 1.32 bits per heavy atom. The Bertz CT molecular complexity index is 537. The predicted molar refractivity (Wildman–Crippen MR) is 66.8 cm³/mol. The highest BCUT2D eigenvalue weighted by molar-refractivity contribution is 5.80. The summed E-state index contributed by atoms with van der Waals surface area (Å²) in [6.45, 7) is 2.65. The largest absolute Gasteiger partial charge is 0.493 e. The summed E-state index contributed by atoms with van der Waals surface area (Å²) in [5.74, 6) is -0.242. The number of likely N-dealkylation sites (tertiary alicyclic amines) is 1. The molecule has 0 saturated carbocycles. The van der Waals surface area contributed by atoms with E-state index in [4.69, 9.17) is 0 Å². The fourth-order valence-corrected chi connectivity index (χ4v) is 2.34. The van der Waals surface area contributed by atoms with Gasteiger partial charge in [0.25, 0.3) is 0 Å². The van der Waals surface area contributed by atoms with Gasteiger partial charge in [-0.25, -0.2) is 4.79 Å². The highest BCUT2D eigenvalue weighted by Gasteiger charge is 2.25. The first kappa shape index (κ1) is 13.4. The lowest BCUT2D eigenvalue weighted by Gasteiger charge is -2.30. The Hall–Kier alpha value is -2.05. The highest BCUT2D eigenvalue weighted by atomic mass is 16.3. The zero-order valence-corrected chi connectivity index (χ0v) is 10.7. The Kier molecular flexibility index (Phi) is 3.73. The number of aromatic hydroxyl groups is 1. The minimum absolute atomic E-state index is 0.0459. The van der Waals surface area contributed by atoms with Crippen molar-refractivity contribution < 1.29 is 14.7 Å². The molecule has 1 amide bonds. The quantitative estimate of drug-likeness (QED) is 0.703. The molecule has 0 unspecified atom stereocenters. The third kappa shape index (κ3) is 3.04. The summed E-state index contributed by atoms with van der Waals surface area (Å²) in [5, 5.41) is 9.39. The van der Waals surface area contributed by atoms with Crippen LogP contribution in [-0.2, 0) is 16.0 Å². The van der Waals surface area contributed by atoms with E-state index in [1.807, 2.05) is 0 Å². The maximum Gasteiger partial charge on any atom is 0.325 e. The van der Waals surface area contributed by atoms with Crippen molar-refractivity contribution in [3.8, 4) is 5.88 Å². The normalized spacial score (nSPS) is 16.6. The molecule has 7 nitrogen and oxygen atoms in total. The lowest BCUT2D eigenvalue weighted by molar-refractivity contribution is -0.134. The van der Waals surface area contributed by atoms with Gasteiger partial charge in [0.2, 0.25) is 11.8 Å². The van der Waals surface area contributed by atoms with Gasteiger partial charge in [0.15, 0.2) is 0 Å². The number of nitrogens with zero attached hydrogens (tertiary/aromatic N) is 1. The van der Waals surface area contributed by atoms with Crippen molar-refractivity contribution in [3.05, 3.63) is 16.2 Å². The van der Waals surface area contributed by atoms with Crippen molar-refractivity contribution in [3.63, 3.8) is 0 Å². The summed E-state index contributed by atoms with van der Waals surface area (Å²) >= 11 is 0. The molecule has 1 fully saturated rings. The monoisotopic (exact) mass is 267 g/mol. The van der Waals surface area contributed by atoms with Gasteiger partial charge in [0, 0.05) is 19.0 Å². The summed E-state index contributed by atoms with van der Waals surface area (Å²) in [6, 6.07) is 0. The second-order valence-corrected chi connectivity index (χ2v) is 4.85. The smallest absolute Gasteiger partial charge is 0.325 e. The number of carbonyl (C=O) groups excluding carboxylic acids is 2. The number of imidazole rings is 1. The molecule has 0 spiro atoms. The van der Waals surface area contributed by atoms with Gasteiger partial charge < -0.3 is 15.0 Å². The molecule has 7 heteroatoms. The lowest BCUT2D eigenvalue weighted by atomic mass is 9.93. The Balaban J connectivity index is 1.93. The van der Waals surface area contributed by atoms with Crippen molar-refractivity contribution in [1.29, 1.82) is 0 Å². The number of carbonyl (C=O) groups is 2. The van der Waals surface area contributed by atoms with Crippen molar-refractivity contribution in [2.45, 2.75) is 26.2 Å². The van der Waals surface area contributed by atoms with Gasteiger partial charge in [-0.05, 0) is 19.8 Å². The summed E-state index contributed by atoms with van der Waals surface area (Å²) in [6.07, 6.45) is 1.31. The molecule has 3 N–H and O–H groups in total. The van der Waals surface area contributed by atoms with Crippen LogP contribution in [0, 0.1) is 5.92 Å². The van der Waals surface area contributed by atoms with Gasteiger partial charge in [0.05, 0.1) is 12.1 Å². The molecule has 104 valence electrons. The van der Waals surface area contributed by atoms with Gasteiger partial charge in [-0.1, -0.05) is 0 Å².